The quantitative estimate of drug-likeness (QED) is 0.882. The van der Waals surface area contributed by atoms with Crippen molar-refractivity contribution >= 4 is 17.6 Å². The van der Waals surface area contributed by atoms with E-state index in [9.17, 15) is 9.59 Å². The summed E-state index contributed by atoms with van der Waals surface area (Å²) in [5.41, 5.74) is 1.99. The zero-order valence-electron chi connectivity index (χ0n) is 12.7. The van der Waals surface area contributed by atoms with Gasteiger partial charge in [-0.15, -0.1) is 0 Å². The van der Waals surface area contributed by atoms with E-state index in [0.717, 1.165) is 11.3 Å². The molecular formula is C18H17NO4. The third-order valence-corrected chi connectivity index (χ3v) is 3.62. The standard InChI is InChI=1S/C18H17NO4/c1-2-22-14-9-7-13(8-10-14)19-17(20)16-11-12-5-3-4-6-15(12)18(21)23-16/h3-10,16H,2,11H2,1H3,(H,19,20). The highest BCUT2D eigenvalue weighted by Crippen LogP contribution is 2.22. The van der Waals surface area contributed by atoms with Crippen molar-refractivity contribution in [3.05, 3.63) is 59.7 Å². The molecule has 2 aromatic rings. The van der Waals surface area contributed by atoms with Crippen LogP contribution in [0.2, 0.25) is 0 Å². The summed E-state index contributed by atoms with van der Waals surface area (Å²) in [5, 5.41) is 2.76. The smallest absolute Gasteiger partial charge is 0.339 e. The molecule has 0 bridgehead atoms. The van der Waals surface area contributed by atoms with Crippen LogP contribution in [0.1, 0.15) is 22.8 Å². The maximum Gasteiger partial charge on any atom is 0.339 e. The summed E-state index contributed by atoms with van der Waals surface area (Å²) in [6.07, 6.45) is -0.436. The molecule has 1 heterocycles. The minimum Gasteiger partial charge on any atom is -0.494 e. The molecule has 23 heavy (non-hydrogen) atoms. The molecule has 0 saturated heterocycles. The van der Waals surface area contributed by atoms with Crippen molar-refractivity contribution < 1.29 is 19.1 Å². The van der Waals surface area contributed by atoms with Crippen LogP contribution in [0.25, 0.3) is 0 Å². The second-order valence-electron chi connectivity index (χ2n) is 5.20. The predicted octanol–water partition coefficient (Wildman–Crippen LogP) is 2.81. The number of fused-ring (bicyclic) bond motifs is 1. The van der Waals surface area contributed by atoms with Crippen LogP contribution in [-0.2, 0) is 16.0 Å². The number of hydrogen-bond acceptors (Lipinski definition) is 4. The highest BCUT2D eigenvalue weighted by Gasteiger charge is 2.30. The second kappa shape index (κ2) is 6.52. The third kappa shape index (κ3) is 3.34. The van der Waals surface area contributed by atoms with Crippen LogP contribution < -0.4 is 10.1 Å². The Kier molecular flexibility index (Phi) is 4.28. The number of nitrogens with one attached hydrogen (secondary N) is 1. The summed E-state index contributed by atoms with van der Waals surface area (Å²) in [4.78, 5) is 24.3. The van der Waals surface area contributed by atoms with Gasteiger partial charge in [-0.3, -0.25) is 4.79 Å². The molecule has 1 amide bonds. The SMILES string of the molecule is CCOc1ccc(NC(=O)C2Cc3ccccc3C(=O)O2)cc1. The van der Waals surface area contributed by atoms with Gasteiger partial charge < -0.3 is 14.8 Å². The number of cyclic esters (lactones) is 1. The molecule has 0 fully saturated rings. The van der Waals surface area contributed by atoms with E-state index in [4.69, 9.17) is 9.47 Å². The predicted molar refractivity (Wildman–Crippen MR) is 85.6 cm³/mol. The zero-order chi connectivity index (χ0) is 16.2. The Morgan fingerprint density at radius 1 is 1.22 bits per heavy atom. The lowest BCUT2D eigenvalue weighted by atomic mass is 9.98. The summed E-state index contributed by atoms with van der Waals surface area (Å²) in [6, 6.07) is 14.2. The Bertz CT molecular complexity index is 724. The van der Waals surface area contributed by atoms with Crippen LogP contribution in [0, 0.1) is 0 Å². The maximum atomic E-state index is 12.3. The molecule has 1 atom stereocenters. The van der Waals surface area contributed by atoms with E-state index in [2.05, 4.69) is 5.32 Å². The zero-order valence-corrected chi connectivity index (χ0v) is 12.7. The normalized spacial score (nSPS) is 16.2. The van der Waals surface area contributed by atoms with Crippen molar-refractivity contribution in [1.82, 2.24) is 0 Å². The van der Waals surface area contributed by atoms with Gasteiger partial charge in [-0.25, -0.2) is 4.79 Å². The summed E-state index contributed by atoms with van der Waals surface area (Å²) in [7, 11) is 0. The highest BCUT2D eigenvalue weighted by molar-refractivity contribution is 6.00. The third-order valence-electron chi connectivity index (χ3n) is 3.62. The fourth-order valence-corrected chi connectivity index (χ4v) is 2.50. The Morgan fingerprint density at radius 3 is 2.70 bits per heavy atom. The van der Waals surface area contributed by atoms with Crippen LogP contribution in [0.4, 0.5) is 5.69 Å². The molecule has 118 valence electrons. The van der Waals surface area contributed by atoms with E-state index in [-0.39, 0.29) is 5.91 Å². The van der Waals surface area contributed by atoms with E-state index in [1.165, 1.54) is 0 Å². The van der Waals surface area contributed by atoms with Gasteiger partial charge in [0.1, 0.15) is 5.75 Å². The van der Waals surface area contributed by atoms with Crippen LogP contribution in [0.15, 0.2) is 48.5 Å². The summed E-state index contributed by atoms with van der Waals surface area (Å²) in [5.74, 6) is -0.0563. The number of benzene rings is 2. The van der Waals surface area contributed by atoms with Gasteiger partial charge >= 0.3 is 5.97 Å². The molecule has 1 unspecified atom stereocenters. The van der Waals surface area contributed by atoms with Crippen molar-refractivity contribution in [3.8, 4) is 5.75 Å². The van der Waals surface area contributed by atoms with Gasteiger partial charge in [-0.05, 0) is 42.8 Å². The highest BCUT2D eigenvalue weighted by atomic mass is 16.5. The molecule has 0 aliphatic carbocycles. The molecule has 0 saturated carbocycles. The van der Waals surface area contributed by atoms with Crippen molar-refractivity contribution in [2.24, 2.45) is 0 Å². The number of hydrogen-bond donors (Lipinski definition) is 1. The summed E-state index contributed by atoms with van der Waals surface area (Å²) >= 11 is 0. The number of esters is 1. The van der Waals surface area contributed by atoms with Gasteiger partial charge in [0.2, 0.25) is 0 Å². The van der Waals surface area contributed by atoms with E-state index in [1.54, 1.807) is 36.4 Å². The Labute approximate surface area is 134 Å². The monoisotopic (exact) mass is 311 g/mol. The molecule has 2 aromatic carbocycles. The average Bonchev–Trinajstić information content (AvgIpc) is 2.57. The number of carbonyl (C=O) groups excluding carboxylic acids is 2. The molecular weight excluding hydrogens is 294 g/mol. The number of anilines is 1. The van der Waals surface area contributed by atoms with Crippen molar-refractivity contribution in [2.45, 2.75) is 19.4 Å². The minimum atomic E-state index is -0.816. The van der Waals surface area contributed by atoms with Crippen molar-refractivity contribution in [1.29, 1.82) is 0 Å². The van der Waals surface area contributed by atoms with Gasteiger partial charge in [0.25, 0.3) is 5.91 Å². The van der Waals surface area contributed by atoms with E-state index < -0.39 is 12.1 Å². The number of rotatable bonds is 4. The molecule has 0 aromatic heterocycles. The van der Waals surface area contributed by atoms with E-state index in [0.29, 0.717) is 24.3 Å². The number of ether oxygens (including phenoxy) is 2. The van der Waals surface area contributed by atoms with Gasteiger partial charge in [0.15, 0.2) is 6.10 Å². The van der Waals surface area contributed by atoms with Crippen LogP contribution in [-0.4, -0.2) is 24.6 Å². The number of amides is 1. The minimum absolute atomic E-state index is 0.336. The Morgan fingerprint density at radius 2 is 1.96 bits per heavy atom. The van der Waals surface area contributed by atoms with Crippen LogP contribution in [0.5, 0.6) is 5.75 Å². The summed E-state index contributed by atoms with van der Waals surface area (Å²) in [6.45, 7) is 2.49. The lowest BCUT2D eigenvalue weighted by molar-refractivity contribution is -0.125. The van der Waals surface area contributed by atoms with E-state index in [1.807, 2.05) is 19.1 Å². The molecule has 5 heteroatoms. The Hall–Kier alpha value is -2.82. The first-order valence-corrected chi connectivity index (χ1v) is 7.50. The molecule has 1 aliphatic rings. The molecule has 5 nitrogen and oxygen atoms in total. The lowest BCUT2D eigenvalue weighted by Gasteiger charge is -2.23. The Balaban J connectivity index is 1.68. The van der Waals surface area contributed by atoms with Gasteiger partial charge in [-0.1, -0.05) is 18.2 Å². The fourth-order valence-electron chi connectivity index (χ4n) is 2.50. The second-order valence-corrected chi connectivity index (χ2v) is 5.20. The van der Waals surface area contributed by atoms with Crippen molar-refractivity contribution in [2.75, 3.05) is 11.9 Å². The molecule has 1 aliphatic heterocycles. The lowest BCUT2D eigenvalue weighted by Crippen LogP contribution is -2.37. The largest absolute Gasteiger partial charge is 0.494 e. The van der Waals surface area contributed by atoms with Gasteiger partial charge in [-0.2, -0.15) is 0 Å². The van der Waals surface area contributed by atoms with Gasteiger partial charge in [0, 0.05) is 12.1 Å². The maximum absolute atomic E-state index is 12.3. The molecule has 1 N–H and O–H groups in total. The van der Waals surface area contributed by atoms with Crippen molar-refractivity contribution in [3.63, 3.8) is 0 Å². The fraction of sp³-hybridized carbons (Fsp3) is 0.222. The molecule has 3 rings (SSSR count). The first-order chi connectivity index (χ1) is 11.2. The average molecular weight is 311 g/mol. The number of carbonyl (C=O) groups is 2. The topological polar surface area (TPSA) is 64.6 Å². The first-order valence-electron chi connectivity index (χ1n) is 7.50. The molecule has 0 radical (unpaired) electrons. The van der Waals surface area contributed by atoms with Gasteiger partial charge in [0.05, 0.1) is 12.2 Å². The molecule has 0 spiro atoms. The van der Waals surface area contributed by atoms with Crippen LogP contribution >= 0.6 is 0 Å². The summed E-state index contributed by atoms with van der Waals surface area (Å²) < 4.78 is 10.6. The first kappa shape index (κ1) is 15.1. The van der Waals surface area contributed by atoms with Crippen LogP contribution in [0.3, 0.4) is 0 Å². The van der Waals surface area contributed by atoms with E-state index >= 15 is 0 Å².